The van der Waals surface area contributed by atoms with Crippen molar-refractivity contribution in [3.8, 4) is 0 Å². The van der Waals surface area contributed by atoms with E-state index in [0.717, 1.165) is 11.1 Å². The lowest BCUT2D eigenvalue weighted by atomic mass is 10.0. The maximum atomic E-state index is 12.9. The highest BCUT2D eigenvalue weighted by Gasteiger charge is 2.41. The van der Waals surface area contributed by atoms with Crippen LogP contribution in [0.4, 0.5) is 9.59 Å². The van der Waals surface area contributed by atoms with Crippen LogP contribution in [0.15, 0.2) is 60.7 Å². The van der Waals surface area contributed by atoms with Crippen molar-refractivity contribution in [3.63, 3.8) is 0 Å². The fourth-order valence-electron chi connectivity index (χ4n) is 3.88. The molecule has 8 nitrogen and oxygen atoms in total. The predicted octanol–water partition coefficient (Wildman–Crippen LogP) is 4.67. The van der Waals surface area contributed by atoms with Crippen molar-refractivity contribution in [1.29, 1.82) is 0 Å². The van der Waals surface area contributed by atoms with Gasteiger partial charge < -0.3 is 19.5 Å². The molecule has 0 bridgehead atoms. The first-order valence-corrected chi connectivity index (χ1v) is 11.9. The van der Waals surface area contributed by atoms with Gasteiger partial charge in [0, 0.05) is 13.1 Å². The number of amides is 2. The van der Waals surface area contributed by atoms with E-state index in [1.807, 2.05) is 60.7 Å². The molecule has 2 aromatic rings. The van der Waals surface area contributed by atoms with Crippen molar-refractivity contribution >= 4 is 18.2 Å². The number of likely N-dealkylation sites (tertiary alicyclic amines) is 1. The first-order chi connectivity index (χ1) is 16.7. The Balaban J connectivity index is 1.58. The summed E-state index contributed by atoms with van der Waals surface area (Å²) in [5.74, 6) is -0.461. The SMILES string of the molecule is CC(C)(C)OC(=O)NCC[C@H]1C[C@@H](C(=O)OCc2ccccc2)N(C(=O)OCc2ccccc2)C1. The van der Waals surface area contributed by atoms with Gasteiger partial charge in [0.05, 0.1) is 0 Å². The molecule has 2 amide bonds. The molecule has 0 saturated carbocycles. The molecule has 1 N–H and O–H groups in total. The molecule has 2 atom stereocenters. The fraction of sp³-hybridized carbons (Fsp3) is 0.444. The van der Waals surface area contributed by atoms with Crippen molar-refractivity contribution in [2.24, 2.45) is 5.92 Å². The van der Waals surface area contributed by atoms with Gasteiger partial charge in [-0.3, -0.25) is 4.90 Å². The van der Waals surface area contributed by atoms with Crippen LogP contribution >= 0.6 is 0 Å². The van der Waals surface area contributed by atoms with Crippen LogP contribution in [-0.2, 0) is 32.2 Å². The van der Waals surface area contributed by atoms with Crippen LogP contribution < -0.4 is 5.32 Å². The van der Waals surface area contributed by atoms with Gasteiger partial charge in [0.25, 0.3) is 0 Å². The second-order valence-corrected chi connectivity index (χ2v) is 9.62. The summed E-state index contributed by atoms with van der Waals surface area (Å²) >= 11 is 0. The minimum Gasteiger partial charge on any atom is -0.459 e. The Morgan fingerprint density at radius 1 is 0.914 bits per heavy atom. The van der Waals surface area contributed by atoms with Gasteiger partial charge in [0.1, 0.15) is 24.9 Å². The molecule has 0 radical (unpaired) electrons. The van der Waals surface area contributed by atoms with Crippen molar-refractivity contribution in [2.45, 2.75) is 58.5 Å². The maximum absolute atomic E-state index is 12.9. The molecule has 1 saturated heterocycles. The molecule has 0 aliphatic carbocycles. The Morgan fingerprint density at radius 3 is 2.06 bits per heavy atom. The fourth-order valence-corrected chi connectivity index (χ4v) is 3.88. The van der Waals surface area contributed by atoms with E-state index in [4.69, 9.17) is 14.2 Å². The average molecular weight is 483 g/mol. The lowest BCUT2D eigenvalue weighted by molar-refractivity contribution is -0.149. The highest BCUT2D eigenvalue weighted by molar-refractivity contribution is 5.82. The molecule has 1 aliphatic rings. The summed E-state index contributed by atoms with van der Waals surface area (Å²) in [6, 6.07) is 18.0. The number of carbonyl (C=O) groups excluding carboxylic acids is 3. The molecular formula is C27H34N2O6. The van der Waals surface area contributed by atoms with Crippen LogP contribution in [0.1, 0.15) is 44.7 Å². The van der Waals surface area contributed by atoms with Crippen LogP contribution in [0.3, 0.4) is 0 Å². The highest BCUT2D eigenvalue weighted by Crippen LogP contribution is 2.28. The Morgan fingerprint density at radius 2 is 1.49 bits per heavy atom. The van der Waals surface area contributed by atoms with Crippen LogP contribution in [0.5, 0.6) is 0 Å². The number of esters is 1. The van der Waals surface area contributed by atoms with Crippen LogP contribution in [0, 0.1) is 5.92 Å². The topological polar surface area (TPSA) is 94.2 Å². The van der Waals surface area contributed by atoms with Crippen molar-refractivity contribution in [1.82, 2.24) is 10.2 Å². The van der Waals surface area contributed by atoms with E-state index in [0.29, 0.717) is 25.9 Å². The van der Waals surface area contributed by atoms with Crippen LogP contribution in [-0.4, -0.2) is 47.8 Å². The van der Waals surface area contributed by atoms with Crippen LogP contribution in [0.2, 0.25) is 0 Å². The number of nitrogens with one attached hydrogen (secondary N) is 1. The minimum absolute atomic E-state index is 0.00323. The lowest BCUT2D eigenvalue weighted by Gasteiger charge is -2.22. The Kier molecular flexibility index (Phi) is 9.11. The second-order valence-electron chi connectivity index (χ2n) is 9.62. The zero-order valence-electron chi connectivity index (χ0n) is 20.6. The van der Waals surface area contributed by atoms with Crippen molar-refractivity contribution < 1.29 is 28.6 Å². The number of nitrogens with zero attached hydrogens (tertiary/aromatic N) is 1. The van der Waals surface area contributed by atoms with E-state index in [1.165, 1.54) is 4.90 Å². The molecule has 0 aromatic heterocycles. The number of benzene rings is 2. The molecule has 0 unspecified atom stereocenters. The monoisotopic (exact) mass is 482 g/mol. The number of ether oxygens (including phenoxy) is 3. The van der Waals surface area contributed by atoms with Crippen molar-refractivity contribution in [3.05, 3.63) is 71.8 Å². The third-order valence-electron chi connectivity index (χ3n) is 5.54. The predicted molar refractivity (Wildman–Crippen MR) is 130 cm³/mol. The van der Waals surface area contributed by atoms with Gasteiger partial charge in [-0.15, -0.1) is 0 Å². The standard InChI is InChI=1S/C27H34N2O6/c1-27(2,3)35-25(31)28-15-14-22-16-23(24(30)33-18-20-10-6-4-7-11-20)29(17-22)26(32)34-19-21-12-8-5-9-13-21/h4-13,22-23H,14-19H2,1-3H3,(H,28,31)/t22-,23-/m0/s1. The molecule has 0 spiro atoms. The molecule has 35 heavy (non-hydrogen) atoms. The molecule has 1 heterocycles. The summed E-state index contributed by atoms with van der Waals surface area (Å²) in [5, 5.41) is 2.74. The zero-order chi connectivity index (χ0) is 25.3. The summed E-state index contributed by atoms with van der Waals surface area (Å²) in [7, 11) is 0. The van der Waals surface area contributed by atoms with Gasteiger partial charge in [-0.25, -0.2) is 14.4 Å². The first kappa shape index (κ1) is 26.1. The lowest BCUT2D eigenvalue weighted by Crippen LogP contribution is -2.41. The third kappa shape index (κ3) is 8.63. The van der Waals surface area contributed by atoms with Gasteiger partial charge in [-0.05, 0) is 50.7 Å². The Hall–Kier alpha value is -3.55. The summed E-state index contributed by atoms with van der Waals surface area (Å²) in [6.07, 6.45) is -0.0274. The number of alkyl carbamates (subject to hydrolysis) is 1. The van der Waals surface area contributed by atoms with Gasteiger partial charge in [0.2, 0.25) is 0 Å². The molecule has 1 fully saturated rings. The molecular weight excluding hydrogens is 448 g/mol. The van der Waals surface area contributed by atoms with E-state index < -0.39 is 29.8 Å². The largest absolute Gasteiger partial charge is 0.459 e. The molecule has 3 rings (SSSR count). The second kappa shape index (κ2) is 12.2. The van der Waals surface area contributed by atoms with Gasteiger partial charge in [0.15, 0.2) is 0 Å². The summed E-state index contributed by atoms with van der Waals surface area (Å²) < 4.78 is 16.3. The van der Waals surface area contributed by atoms with E-state index in [-0.39, 0.29) is 19.1 Å². The third-order valence-corrected chi connectivity index (χ3v) is 5.54. The zero-order valence-corrected chi connectivity index (χ0v) is 20.6. The maximum Gasteiger partial charge on any atom is 0.410 e. The highest BCUT2D eigenvalue weighted by atomic mass is 16.6. The molecule has 188 valence electrons. The van der Waals surface area contributed by atoms with Crippen LogP contribution in [0.25, 0.3) is 0 Å². The quantitative estimate of drug-likeness (QED) is 0.434. The summed E-state index contributed by atoms with van der Waals surface area (Å²) in [6.45, 7) is 6.37. The Bertz CT molecular complexity index is 911. The smallest absolute Gasteiger partial charge is 0.410 e. The van der Waals surface area contributed by atoms with E-state index in [9.17, 15) is 14.4 Å². The number of hydrogen-bond acceptors (Lipinski definition) is 6. The van der Waals surface area contributed by atoms with Gasteiger partial charge in [-0.1, -0.05) is 60.7 Å². The molecule has 8 heteroatoms. The number of rotatable bonds is 8. The normalized spacial score (nSPS) is 17.5. The minimum atomic E-state index is -0.742. The van der Waals surface area contributed by atoms with Crippen molar-refractivity contribution in [2.75, 3.05) is 13.1 Å². The van der Waals surface area contributed by atoms with E-state index in [1.54, 1.807) is 20.8 Å². The number of hydrogen-bond donors (Lipinski definition) is 1. The summed E-state index contributed by atoms with van der Waals surface area (Å²) in [5.41, 5.74) is 1.15. The van der Waals surface area contributed by atoms with Gasteiger partial charge >= 0.3 is 18.2 Å². The summed E-state index contributed by atoms with van der Waals surface area (Å²) in [4.78, 5) is 39.2. The Labute approximate surface area is 206 Å². The first-order valence-electron chi connectivity index (χ1n) is 11.9. The molecule has 1 aliphatic heterocycles. The molecule has 2 aromatic carbocycles. The number of carbonyl (C=O) groups is 3. The average Bonchev–Trinajstić information content (AvgIpc) is 3.25. The van der Waals surface area contributed by atoms with E-state index in [2.05, 4.69) is 5.32 Å². The van der Waals surface area contributed by atoms with Gasteiger partial charge in [-0.2, -0.15) is 0 Å². The van der Waals surface area contributed by atoms with E-state index >= 15 is 0 Å².